The van der Waals surface area contributed by atoms with Crippen LogP contribution in [0.3, 0.4) is 0 Å². The molecule has 2 heterocycles. The maximum atomic E-state index is 12.2. The van der Waals surface area contributed by atoms with Crippen molar-refractivity contribution in [1.82, 2.24) is 10.6 Å². The molecule has 2 rings (SSSR count). The van der Waals surface area contributed by atoms with Crippen molar-refractivity contribution in [3.8, 4) is 0 Å². The quantitative estimate of drug-likeness (QED) is 0.181. The van der Waals surface area contributed by atoms with E-state index in [1.807, 2.05) is 96.2 Å². The van der Waals surface area contributed by atoms with Crippen molar-refractivity contribution >= 4 is 29.2 Å². The largest absolute Gasteiger partial charge is 0.481 e. The molecule has 0 aliphatic rings. The number of unbranched alkanes of at least 4 members (excludes halogenated alkanes) is 4. The normalized spacial score (nSPS) is 10.8. The first-order chi connectivity index (χ1) is 19.2. The fourth-order valence-corrected chi connectivity index (χ4v) is 4.38. The number of amides is 2. The van der Waals surface area contributed by atoms with Gasteiger partial charge in [-0.3, -0.25) is 14.4 Å². The predicted octanol–water partition coefficient (Wildman–Crippen LogP) is 2.15. The number of carboxylic acid groups (broad SMARTS) is 1. The van der Waals surface area contributed by atoms with Gasteiger partial charge in [0.2, 0.25) is 13.1 Å². The molecular formula is C30H48N6O4+2. The van der Waals surface area contributed by atoms with Crippen LogP contribution in [0.5, 0.6) is 0 Å². The zero-order valence-electron chi connectivity index (χ0n) is 24.6. The molecule has 0 fully saturated rings. The average Bonchev–Trinajstić information content (AvgIpc) is 2.91. The molecule has 220 valence electrons. The van der Waals surface area contributed by atoms with Crippen molar-refractivity contribution in [2.45, 2.75) is 64.5 Å². The molecule has 0 aliphatic carbocycles. The van der Waals surface area contributed by atoms with Crippen molar-refractivity contribution in [2.24, 2.45) is 5.92 Å². The van der Waals surface area contributed by atoms with Crippen LogP contribution in [0.2, 0.25) is 0 Å². The molecular weight excluding hydrogens is 508 g/mol. The molecule has 10 heteroatoms. The van der Waals surface area contributed by atoms with Crippen molar-refractivity contribution in [3.63, 3.8) is 0 Å². The summed E-state index contributed by atoms with van der Waals surface area (Å²) in [5, 5.41) is 15.5. The van der Waals surface area contributed by atoms with E-state index in [4.69, 9.17) is 0 Å². The third kappa shape index (κ3) is 12.9. The van der Waals surface area contributed by atoms with Crippen molar-refractivity contribution in [3.05, 3.63) is 49.1 Å². The smallest absolute Gasteiger partial charge is 0.306 e. The monoisotopic (exact) mass is 556 g/mol. The van der Waals surface area contributed by atoms with Crippen LogP contribution in [-0.2, 0) is 27.5 Å². The maximum absolute atomic E-state index is 12.2. The van der Waals surface area contributed by atoms with Gasteiger partial charge in [-0.25, -0.2) is 0 Å². The van der Waals surface area contributed by atoms with Gasteiger partial charge in [-0.2, -0.15) is 9.13 Å². The van der Waals surface area contributed by atoms with Gasteiger partial charge in [-0.1, -0.05) is 25.7 Å². The highest BCUT2D eigenvalue weighted by Crippen LogP contribution is 2.17. The molecule has 0 atom stereocenters. The highest BCUT2D eigenvalue weighted by Gasteiger charge is 2.17. The van der Waals surface area contributed by atoms with E-state index in [-0.39, 0.29) is 30.8 Å². The van der Waals surface area contributed by atoms with Crippen LogP contribution < -0.4 is 29.6 Å². The Morgan fingerprint density at radius 2 is 1.05 bits per heavy atom. The summed E-state index contributed by atoms with van der Waals surface area (Å²) >= 11 is 0. The molecule has 0 saturated carbocycles. The first-order valence-electron chi connectivity index (χ1n) is 14.2. The minimum Gasteiger partial charge on any atom is -0.481 e. The molecule has 0 saturated heterocycles. The summed E-state index contributed by atoms with van der Waals surface area (Å²) in [6.45, 7) is 1.75. The third-order valence-electron chi connectivity index (χ3n) is 6.88. The number of carbonyl (C=O) groups excluding carboxylic acids is 2. The number of aromatic nitrogens is 2. The van der Waals surface area contributed by atoms with E-state index in [9.17, 15) is 19.5 Å². The molecule has 0 bridgehead atoms. The fraction of sp³-hybridized carbons (Fsp3) is 0.567. The molecule has 0 radical (unpaired) electrons. The Labute approximate surface area is 239 Å². The molecule has 0 spiro atoms. The average molecular weight is 557 g/mol. The molecule has 3 N–H and O–H groups in total. The van der Waals surface area contributed by atoms with Gasteiger partial charge in [-0.15, -0.1) is 0 Å². The lowest BCUT2D eigenvalue weighted by Gasteiger charge is -2.12. The first kappa shape index (κ1) is 32.5. The lowest BCUT2D eigenvalue weighted by molar-refractivity contribution is -0.684. The van der Waals surface area contributed by atoms with Gasteiger partial charge >= 0.3 is 5.97 Å². The number of rotatable bonds is 19. The molecule has 2 amide bonds. The SMILES string of the molecule is CN(C)c1cc[n+](CC(=O)NCCCCCC(CCCCCNC(=O)C[n+]2ccc(N(C)C)cc2)C(=O)O)cc1. The van der Waals surface area contributed by atoms with E-state index in [1.54, 1.807) is 0 Å². The Balaban J connectivity index is 1.51. The Bertz CT molecular complexity index is 964. The summed E-state index contributed by atoms with van der Waals surface area (Å²) in [7, 11) is 7.90. The van der Waals surface area contributed by atoms with Crippen LogP contribution in [-0.4, -0.2) is 64.2 Å². The lowest BCUT2D eigenvalue weighted by Crippen LogP contribution is -2.42. The number of hydrogen-bond donors (Lipinski definition) is 3. The van der Waals surface area contributed by atoms with E-state index >= 15 is 0 Å². The molecule has 0 aromatic carbocycles. The van der Waals surface area contributed by atoms with Gasteiger partial charge in [0.15, 0.2) is 24.8 Å². The second-order valence-electron chi connectivity index (χ2n) is 10.7. The Morgan fingerprint density at radius 1 is 0.675 bits per heavy atom. The summed E-state index contributed by atoms with van der Waals surface area (Å²) in [5.74, 6) is -1.14. The van der Waals surface area contributed by atoms with Gasteiger partial charge in [0.25, 0.3) is 11.8 Å². The predicted molar refractivity (Wildman–Crippen MR) is 156 cm³/mol. The Morgan fingerprint density at radius 3 is 1.38 bits per heavy atom. The standard InChI is InChI=1S/C30H46N6O4/c1-33(2)26-13-19-35(20-14-26)23-28(37)31-17-9-5-7-11-25(30(39)40)12-8-6-10-18-32-29(38)24-36-21-15-27(16-22-36)34(3)4/h13-16,19-22,25H,5-12,17-18,23-24H2,1-4H3,(H-2,31,32,37,38,39,40)/p+2. The van der Waals surface area contributed by atoms with E-state index in [1.165, 1.54) is 0 Å². The number of carbonyl (C=O) groups is 3. The van der Waals surface area contributed by atoms with Crippen molar-refractivity contribution < 1.29 is 28.6 Å². The minimum absolute atomic E-state index is 0.0281. The number of anilines is 2. The van der Waals surface area contributed by atoms with Crippen molar-refractivity contribution in [2.75, 3.05) is 51.1 Å². The number of hydrogen-bond acceptors (Lipinski definition) is 5. The topological polar surface area (TPSA) is 110 Å². The second-order valence-corrected chi connectivity index (χ2v) is 10.7. The van der Waals surface area contributed by atoms with Crippen molar-refractivity contribution in [1.29, 1.82) is 0 Å². The maximum Gasteiger partial charge on any atom is 0.306 e. The van der Waals surface area contributed by atoms with Crippen LogP contribution in [0.25, 0.3) is 0 Å². The number of pyridine rings is 2. The molecule has 10 nitrogen and oxygen atoms in total. The summed E-state index contributed by atoms with van der Waals surface area (Å²) in [6, 6.07) is 7.88. The molecule has 0 unspecified atom stereocenters. The van der Waals surface area contributed by atoms with Gasteiger partial charge in [0, 0.05) is 76.9 Å². The van der Waals surface area contributed by atoms with Crippen LogP contribution >= 0.6 is 0 Å². The van der Waals surface area contributed by atoms with Crippen LogP contribution in [0, 0.1) is 5.92 Å². The zero-order chi connectivity index (χ0) is 29.3. The van der Waals surface area contributed by atoms with E-state index < -0.39 is 5.97 Å². The Kier molecular flexibility index (Phi) is 14.5. The number of nitrogens with one attached hydrogen (secondary N) is 2. The number of aliphatic carboxylic acids is 1. The first-order valence-corrected chi connectivity index (χ1v) is 14.2. The summed E-state index contributed by atoms with van der Waals surface area (Å²) < 4.78 is 3.69. The third-order valence-corrected chi connectivity index (χ3v) is 6.88. The fourth-order valence-electron chi connectivity index (χ4n) is 4.38. The second kappa shape index (κ2) is 17.8. The molecule has 2 aromatic heterocycles. The van der Waals surface area contributed by atoms with Crippen LogP contribution in [0.4, 0.5) is 11.4 Å². The van der Waals surface area contributed by atoms with Crippen LogP contribution in [0.15, 0.2) is 49.1 Å². The van der Waals surface area contributed by atoms with E-state index in [2.05, 4.69) is 10.6 Å². The summed E-state index contributed by atoms with van der Waals surface area (Å²) in [6.07, 6.45) is 14.0. The Hall–Kier alpha value is -3.69. The number of nitrogens with zero attached hydrogens (tertiary/aromatic N) is 4. The van der Waals surface area contributed by atoms with Gasteiger partial charge < -0.3 is 25.5 Å². The highest BCUT2D eigenvalue weighted by molar-refractivity contribution is 5.74. The van der Waals surface area contributed by atoms with Gasteiger partial charge in [0.05, 0.1) is 5.92 Å². The van der Waals surface area contributed by atoms with E-state index in [0.717, 1.165) is 49.9 Å². The minimum atomic E-state index is -0.740. The van der Waals surface area contributed by atoms with E-state index in [0.29, 0.717) is 25.9 Å². The van der Waals surface area contributed by atoms with Gasteiger partial charge in [0.1, 0.15) is 0 Å². The molecule has 0 aliphatic heterocycles. The highest BCUT2D eigenvalue weighted by atomic mass is 16.4. The molecule has 40 heavy (non-hydrogen) atoms. The number of carboxylic acids is 1. The summed E-state index contributed by atoms with van der Waals surface area (Å²) in [5.41, 5.74) is 2.16. The molecule has 2 aromatic rings. The lowest BCUT2D eigenvalue weighted by atomic mass is 9.95. The zero-order valence-corrected chi connectivity index (χ0v) is 24.6. The van der Waals surface area contributed by atoms with Crippen LogP contribution in [0.1, 0.15) is 51.4 Å². The summed E-state index contributed by atoms with van der Waals surface area (Å²) in [4.78, 5) is 40.0. The van der Waals surface area contributed by atoms with Gasteiger partial charge in [-0.05, 0) is 25.7 Å².